The predicted octanol–water partition coefficient (Wildman–Crippen LogP) is 6.68. The topological polar surface area (TPSA) is 0 Å². The van der Waals surface area contributed by atoms with Crippen molar-refractivity contribution in [3.8, 4) is 0 Å². The van der Waals surface area contributed by atoms with Gasteiger partial charge >= 0.3 is 0 Å². The van der Waals surface area contributed by atoms with E-state index in [0.717, 1.165) is 12.8 Å². The lowest BCUT2D eigenvalue weighted by molar-refractivity contribution is 0.564. The van der Waals surface area contributed by atoms with Gasteiger partial charge < -0.3 is 0 Å². The van der Waals surface area contributed by atoms with Gasteiger partial charge in [-0.25, -0.2) is 0 Å². The molecule has 0 nitrogen and oxygen atoms in total. The normalized spacial score (nSPS) is 11.0. The van der Waals surface area contributed by atoms with Gasteiger partial charge in [-0.2, -0.15) is 0 Å². The third-order valence-electron chi connectivity index (χ3n) is 4.56. The molecule has 1 rings (SSSR count). The molecule has 0 amide bonds. The Morgan fingerprint density at radius 3 is 1.95 bits per heavy atom. The highest BCUT2D eigenvalue weighted by Crippen LogP contribution is 2.19. The van der Waals surface area contributed by atoms with E-state index in [1.807, 2.05) is 0 Å². The molecule has 0 aromatic heterocycles. The highest BCUT2D eigenvalue weighted by molar-refractivity contribution is 5.34. The van der Waals surface area contributed by atoms with Crippen LogP contribution in [0.2, 0.25) is 0 Å². The SMILES string of the molecule is CCCCCCCCCCCc1[c]ccc(CC)c1CC. The molecule has 0 saturated heterocycles. The van der Waals surface area contributed by atoms with E-state index < -0.39 is 0 Å². The van der Waals surface area contributed by atoms with Crippen LogP contribution in [0.5, 0.6) is 0 Å². The molecule has 0 unspecified atom stereocenters. The summed E-state index contributed by atoms with van der Waals surface area (Å²) in [6.45, 7) is 6.83. The van der Waals surface area contributed by atoms with Gasteiger partial charge in [-0.3, -0.25) is 0 Å². The summed E-state index contributed by atoms with van der Waals surface area (Å²) >= 11 is 0. The monoisotopic (exact) mass is 287 g/mol. The molecule has 0 atom stereocenters. The molecule has 1 radical (unpaired) electrons. The van der Waals surface area contributed by atoms with Crippen molar-refractivity contribution < 1.29 is 0 Å². The highest BCUT2D eigenvalue weighted by Gasteiger charge is 2.05. The molecule has 0 N–H and O–H groups in total. The largest absolute Gasteiger partial charge is 0.0654 e. The highest BCUT2D eigenvalue weighted by atomic mass is 14.1. The predicted molar refractivity (Wildman–Crippen MR) is 95.0 cm³/mol. The summed E-state index contributed by atoms with van der Waals surface area (Å²) < 4.78 is 0. The van der Waals surface area contributed by atoms with Crippen LogP contribution >= 0.6 is 0 Å². The summed E-state index contributed by atoms with van der Waals surface area (Å²) in [5.74, 6) is 0. The van der Waals surface area contributed by atoms with Gasteiger partial charge in [-0.05, 0) is 48.4 Å². The maximum Gasteiger partial charge on any atom is -0.0146 e. The molecule has 0 fully saturated rings. The first-order chi connectivity index (χ1) is 10.3. The molecule has 1 aromatic carbocycles. The van der Waals surface area contributed by atoms with Crippen LogP contribution in [0.3, 0.4) is 0 Å². The fraction of sp³-hybridized carbons (Fsp3) is 0.714. The van der Waals surface area contributed by atoms with E-state index in [4.69, 9.17) is 0 Å². The van der Waals surface area contributed by atoms with Gasteiger partial charge in [0.05, 0.1) is 0 Å². The van der Waals surface area contributed by atoms with Gasteiger partial charge in [-0.1, -0.05) is 84.3 Å². The minimum Gasteiger partial charge on any atom is -0.0654 e. The maximum absolute atomic E-state index is 3.49. The van der Waals surface area contributed by atoms with E-state index in [1.165, 1.54) is 75.3 Å². The molecule has 1 aromatic rings. The Labute approximate surface area is 133 Å². The van der Waals surface area contributed by atoms with Crippen LogP contribution in [0.25, 0.3) is 0 Å². The average molecular weight is 288 g/mol. The maximum atomic E-state index is 3.49. The Morgan fingerprint density at radius 1 is 0.762 bits per heavy atom. The molecule has 0 heterocycles. The lowest BCUT2D eigenvalue weighted by Crippen LogP contribution is -1.99. The van der Waals surface area contributed by atoms with Crippen molar-refractivity contribution in [2.24, 2.45) is 0 Å². The zero-order valence-corrected chi connectivity index (χ0v) is 14.6. The van der Waals surface area contributed by atoms with E-state index in [9.17, 15) is 0 Å². The van der Waals surface area contributed by atoms with Crippen LogP contribution in [0, 0.1) is 6.07 Å². The first-order valence-corrected chi connectivity index (χ1v) is 9.34. The second-order valence-electron chi connectivity index (χ2n) is 6.25. The van der Waals surface area contributed by atoms with Crippen LogP contribution in [-0.4, -0.2) is 0 Å². The van der Waals surface area contributed by atoms with Crippen molar-refractivity contribution in [2.75, 3.05) is 0 Å². The molecule has 0 aliphatic heterocycles. The minimum atomic E-state index is 1.16. The molecule has 0 aliphatic carbocycles. The molecule has 0 heteroatoms. The number of unbranched alkanes of at least 4 members (excludes halogenated alkanes) is 8. The Bertz CT molecular complexity index is 364. The van der Waals surface area contributed by atoms with Gasteiger partial charge in [0.15, 0.2) is 0 Å². The van der Waals surface area contributed by atoms with E-state index in [1.54, 1.807) is 5.56 Å². The lowest BCUT2D eigenvalue weighted by atomic mass is 9.93. The Kier molecular flexibility index (Phi) is 10.3. The summed E-state index contributed by atoms with van der Waals surface area (Å²) in [5.41, 5.74) is 4.58. The second-order valence-corrected chi connectivity index (χ2v) is 6.25. The minimum absolute atomic E-state index is 1.16. The second kappa shape index (κ2) is 11.8. The fourth-order valence-electron chi connectivity index (χ4n) is 3.23. The molecular weight excluding hydrogens is 252 g/mol. The zero-order chi connectivity index (χ0) is 15.3. The van der Waals surface area contributed by atoms with Crippen molar-refractivity contribution in [1.82, 2.24) is 0 Å². The van der Waals surface area contributed by atoms with Crippen LogP contribution in [0.4, 0.5) is 0 Å². The number of aryl methyl sites for hydroxylation is 2. The summed E-state index contributed by atoms with van der Waals surface area (Å²) in [6, 6.07) is 7.86. The van der Waals surface area contributed by atoms with Gasteiger partial charge in [-0.15, -0.1) is 0 Å². The molecular formula is C21H35. The van der Waals surface area contributed by atoms with Crippen molar-refractivity contribution >= 4 is 0 Å². The van der Waals surface area contributed by atoms with E-state index in [2.05, 4.69) is 39.0 Å². The fourth-order valence-corrected chi connectivity index (χ4v) is 3.23. The van der Waals surface area contributed by atoms with Gasteiger partial charge in [0.1, 0.15) is 0 Å². The van der Waals surface area contributed by atoms with Crippen molar-refractivity contribution in [1.29, 1.82) is 0 Å². The number of rotatable bonds is 12. The molecule has 0 spiro atoms. The summed E-state index contributed by atoms with van der Waals surface area (Å²) in [5, 5.41) is 0. The van der Waals surface area contributed by atoms with E-state index >= 15 is 0 Å². The number of hydrogen-bond donors (Lipinski definition) is 0. The average Bonchev–Trinajstić information content (AvgIpc) is 2.52. The summed E-state index contributed by atoms with van der Waals surface area (Å²) in [6.07, 6.45) is 16.2. The molecule has 0 aliphatic rings. The lowest BCUT2D eigenvalue weighted by Gasteiger charge is -2.12. The van der Waals surface area contributed by atoms with Crippen LogP contribution in [0.15, 0.2) is 12.1 Å². The van der Waals surface area contributed by atoms with Gasteiger partial charge in [0.25, 0.3) is 0 Å². The molecule has 119 valence electrons. The van der Waals surface area contributed by atoms with Crippen LogP contribution < -0.4 is 0 Å². The first kappa shape index (κ1) is 18.3. The third-order valence-corrected chi connectivity index (χ3v) is 4.56. The van der Waals surface area contributed by atoms with Crippen LogP contribution in [0.1, 0.15) is 95.2 Å². The van der Waals surface area contributed by atoms with Gasteiger partial charge in [0.2, 0.25) is 0 Å². The molecule has 0 bridgehead atoms. The van der Waals surface area contributed by atoms with E-state index in [-0.39, 0.29) is 0 Å². The van der Waals surface area contributed by atoms with Crippen molar-refractivity contribution in [3.05, 3.63) is 34.9 Å². The van der Waals surface area contributed by atoms with E-state index in [0.29, 0.717) is 0 Å². The molecule has 0 saturated carbocycles. The Morgan fingerprint density at radius 2 is 1.38 bits per heavy atom. The Hall–Kier alpha value is -0.780. The summed E-state index contributed by atoms with van der Waals surface area (Å²) in [4.78, 5) is 0. The Balaban J connectivity index is 2.18. The van der Waals surface area contributed by atoms with Crippen LogP contribution in [-0.2, 0) is 19.3 Å². The number of benzene rings is 1. The zero-order valence-electron chi connectivity index (χ0n) is 14.6. The third kappa shape index (κ3) is 7.16. The van der Waals surface area contributed by atoms with Gasteiger partial charge in [0, 0.05) is 0 Å². The number of hydrogen-bond acceptors (Lipinski definition) is 0. The first-order valence-electron chi connectivity index (χ1n) is 9.34. The smallest absolute Gasteiger partial charge is 0.0146 e. The van der Waals surface area contributed by atoms with Crippen molar-refractivity contribution in [2.45, 2.75) is 97.8 Å². The standard InChI is InChI=1S/C21H35/c1-4-7-8-9-10-11-12-13-14-16-20-18-15-17-19(5-2)21(20)6-3/h15,17H,4-14,16H2,1-3H3. The van der Waals surface area contributed by atoms with Crippen molar-refractivity contribution in [3.63, 3.8) is 0 Å². The summed E-state index contributed by atoms with van der Waals surface area (Å²) in [7, 11) is 0. The molecule has 21 heavy (non-hydrogen) atoms. The quantitative estimate of drug-likeness (QED) is 0.376.